The zero-order chi connectivity index (χ0) is 15.9. The van der Waals surface area contributed by atoms with Gasteiger partial charge in [-0.2, -0.15) is 0 Å². The van der Waals surface area contributed by atoms with Crippen LogP contribution in [-0.4, -0.2) is 0 Å². The molecule has 0 amide bonds. The van der Waals surface area contributed by atoms with Crippen molar-refractivity contribution in [1.29, 1.82) is 0 Å². The smallest absolute Gasteiger partial charge is 0.00882 e. The van der Waals surface area contributed by atoms with Gasteiger partial charge in [0.2, 0.25) is 0 Å². The fourth-order valence-corrected chi connectivity index (χ4v) is 2.23. The van der Waals surface area contributed by atoms with E-state index < -0.39 is 0 Å². The lowest BCUT2D eigenvalue weighted by molar-refractivity contribution is 0.590. The predicted octanol–water partition coefficient (Wildman–Crippen LogP) is 6.16. The highest BCUT2D eigenvalue weighted by Gasteiger charge is 2.12. The Balaban J connectivity index is 2.94. The molecule has 0 bridgehead atoms. The van der Waals surface area contributed by atoms with E-state index in [0.29, 0.717) is 0 Å². The fraction of sp³-hybridized carbons (Fsp3) is 0.333. The number of rotatable bonds is 5. The second-order valence-electron chi connectivity index (χ2n) is 6.26. The summed E-state index contributed by atoms with van der Waals surface area (Å²) in [5, 5.41) is 0. The Morgan fingerprint density at radius 3 is 2.10 bits per heavy atom. The van der Waals surface area contributed by atoms with E-state index in [1.807, 2.05) is 19.9 Å². The molecule has 0 saturated carbocycles. The molecule has 1 aromatic carbocycles. The minimum absolute atomic E-state index is 0.214. The molecule has 0 atom stereocenters. The van der Waals surface area contributed by atoms with Gasteiger partial charge < -0.3 is 0 Å². The number of hydrogen-bond donors (Lipinski definition) is 0. The summed E-state index contributed by atoms with van der Waals surface area (Å²) in [4.78, 5) is 0. The van der Waals surface area contributed by atoms with Gasteiger partial charge in [-0.25, -0.2) is 0 Å². The number of allylic oxidation sites excluding steroid dienone is 7. The van der Waals surface area contributed by atoms with Crippen molar-refractivity contribution in [2.75, 3.05) is 0 Å². The minimum atomic E-state index is 0.214. The quantitative estimate of drug-likeness (QED) is 0.566. The Bertz CT molecular complexity index is 543. The fourth-order valence-electron chi connectivity index (χ4n) is 2.23. The highest BCUT2D eigenvalue weighted by Crippen LogP contribution is 2.22. The molecule has 1 aromatic rings. The van der Waals surface area contributed by atoms with Crippen LogP contribution < -0.4 is 0 Å². The normalized spacial score (nSPS) is 13.8. The van der Waals surface area contributed by atoms with E-state index >= 15 is 0 Å². The molecule has 0 saturated heterocycles. The Morgan fingerprint density at radius 2 is 1.67 bits per heavy atom. The van der Waals surface area contributed by atoms with Crippen molar-refractivity contribution in [3.05, 3.63) is 83.5 Å². The van der Waals surface area contributed by atoms with Crippen LogP contribution in [0, 0.1) is 0 Å². The molecule has 0 aromatic heterocycles. The van der Waals surface area contributed by atoms with Crippen LogP contribution in [0.1, 0.15) is 45.7 Å². The molecule has 0 aliphatic heterocycles. The average molecular weight is 280 g/mol. The van der Waals surface area contributed by atoms with Crippen molar-refractivity contribution in [2.45, 2.75) is 46.5 Å². The highest BCUT2D eigenvalue weighted by molar-refractivity contribution is 5.46. The van der Waals surface area contributed by atoms with E-state index in [0.717, 1.165) is 6.42 Å². The molecule has 0 heterocycles. The number of hydrogen-bond acceptors (Lipinski definition) is 0. The maximum absolute atomic E-state index is 3.89. The lowest BCUT2D eigenvalue weighted by atomic mass is 9.86. The highest BCUT2D eigenvalue weighted by atomic mass is 14.2. The van der Waals surface area contributed by atoms with E-state index in [1.165, 1.54) is 22.3 Å². The van der Waals surface area contributed by atoms with Crippen molar-refractivity contribution in [3.63, 3.8) is 0 Å². The van der Waals surface area contributed by atoms with E-state index in [9.17, 15) is 0 Å². The van der Waals surface area contributed by atoms with Gasteiger partial charge in [-0.15, -0.1) is 0 Å². The molecule has 0 aliphatic rings. The summed E-state index contributed by atoms with van der Waals surface area (Å²) in [6.45, 7) is 14.7. The Hall–Kier alpha value is -1.82. The first kappa shape index (κ1) is 17.2. The standard InChI is InChI=1S/C21H28/c1-7-10-19(18(8-2)9-3)14-11-17-12-15-20(16-13-17)21(4,5)6/h7-10,12-16H,2,11H2,1,3-6H3/b10-7-,18-9+,19-14+. The Morgan fingerprint density at radius 1 is 1.05 bits per heavy atom. The van der Waals surface area contributed by atoms with E-state index in [4.69, 9.17) is 0 Å². The molecule has 0 N–H and O–H groups in total. The summed E-state index contributed by atoms with van der Waals surface area (Å²) in [5.74, 6) is 0. The molecule has 0 radical (unpaired) electrons. The topological polar surface area (TPSA) is 0 Å². The van der Waals surface area contributed by atoms with Crippen LogP contribution in [0.15, 0.2) is 72.4 Å². The molecule has 0 spiro atoms. The van der Waals surface area contributed by atoms with Crippen molar-refractivity contribution in [2.24, 2.45) is 0 Å². The third-order valence-corrected chi connectivity index (χ3v) is 3.59. The van der Waals surface area contributed by atoms with Gasteiger partial charge >= 0.3 is 0 Å². The molecule has 0 unspecified atom stereocenters. The van der Waals surface area contributed by atoms with E-state index in [1.54, 1.807) is 0 Å². The molecule has 0 heteroatoms. The maximum Gasteiger partial charge on any atom is -0.00882 e. The second kappa shape index (κ2) is 7.83. The second-order valence-corrected chi connectivity index (χ2v) is 6.26. The molecule has 1 rings (SSSR count). The lowest BCUT2D eigenvalue weighted by Gasteiger charge is -2.19. The van der Waals surface area contributed by atoms with Gasteiger partial charge in [-0.1, -0.05) is 82.0 Å². The van der Waals surface area contributed by atoms with Crippen LogP contribution in [0.5, 0.6) is 0 Å². The van der Waals surface area contributed by atoms with Crippen LogP contribution in [0.25, 0.3) is 0 Å². The zero-order valence-electron chi connectivity index (χ0n) is 14.1. The van der Waals surface area contributed by atoms with Crippen LogP contribution >= 0.6 is 0 Å². The largest absolute Gasteiger partial charge is 0.0985 e. The molecule has 0 aliphatic carbocycles. The first-order chi connectivity index (χ1) is 9.92. The maximum atomic E-state index is 3.89. The minimum Gasteiger partial charge on any atom is -0.0985 e. The summed E-state index contributed by atoms with van der Waals surface area (Å²) in [6, 6.07) is 8.94. The van der Waals surface area contributed by atoms with Gasteiger partial charge in [-0.3, -0.25) is 0 Å². The molecule has 0 nitrogen and oxygen atoms in total. The monoisotopic (exact) mass is 280 g/mol. The van der Waals surface area contributed by atoms with Gasteiger partial charge in [0, 0.05) is 0 Å². The Kier molecular flexibility index (Phi) is 6.42. The van der Waals surface area contributed by atoms with Crippen molar-refractivity contribution in [3.8, 4) is 0 Å². The van der Waals surface area contributed by atoms with Crippen molar-refractivity contribution in [1.82, 2.24) is 0 Å². The molecule has 21 heavy (non-hydrogen) atoms. The lowest BCUT2D eigenvalue weighted by Crippen LogP contribution is -2.10. The molecular weight excluding hydrogens is 252 g/mol. The first-order valence-corrected chi connectivity index (χ1v) is 7.63. The third kappa shape index (κ3) is 5.23. The van der Waals surface area contributed by atoms with Crippen molar-refractivity contribution < 1.29 is 0 Å². The summed E-state index contributed by atoms with van der Waals surface area (Å²) in [7, 11) is 0. The van der Waals surface area contributed by atoms with Crippen molar-refractivity contribution >= 4 is 0 Å². The van der Waals surface area contributed by atoms with Gasteiger partial charge in [0.15, 0.2) is 0 Å². The van der Waals surface area contributed by atoms with Gasteiger partial charge in [0.1, 0.15) is 0 Å². The van der Waals surface area contributed by atoms with E-state index in [2.05, 4.69) is 75.9 Å². The average Bonchev–Trinajstić information content (AvgIpc) is 2.45. The van der Waals surface area contributed by atoms with Gasteiger partial charge in [0.25, 0.3) is 0 Å². The number of benzene rings is 1. The van der Waals surface area contributed by atoms with Crippen LogP contribution in [0.3, 0.4) is 0 Å². The zero-order valence-corrected chi connectivity index (χ0v) is 14.1. The SMILES string of the molecule is C=CC(=C\C)/C(/C=C\C)=C/Cc1ccc(C(C)(C)C)cc1. The molecule has 0 fully saturated rings. The first-order valence-electron chi connectivity index (χ1n) is 7.63. The van der Waals surface area contributed by atoms with Crippen LogP contribution in [0.2, 0.25) is 0 Å². The van der Waals surface area contributed by atoms with E-state index in [-0.39, 0.29) is 5.41 Å². The summed E-state index contributed by atoms with van der Waals surface area (Å²) in [5.41, 5.74) is 5.34. The van der Waals surface area contributed by atoms with Crippen LogP contribution in [0.4, 0.5) is 0 Å². The summed E-state index contributed by atoms with van der Waals surface area (Å²) >= 11 is 0. The molecular formula is C21H28. The summed E-state index contributed by atoms with van der Waals surface area (Å²) < 4.78 is 0. The Labute approximate surface area is 130 Å². The predicted molar refractivity (Wildman–Crippen MR) is 95.7 cm³/mol. The third-order valence-electron chi connectivity index (χ3n) is 3.59. The molecule has 112 valence electrons. The summed E-state index contributed by atoms with van der Waals surface area (Å²) in [6.07, 6.45) is 11.4. The van der Waals surface area contributed by atoms with Gasteiger partial charge in [0.05, 0.1) is 0 Å². The van der Waals surface area contributed by atoms with Gasteiger partial charge in [-0.05, 0) is 48.0 Å². The van der Waals surface area contributed by atoms with Crippen LogP contribution in [-0.2, 0) is 11.8 Å².